The lowest BCUT2D eigenvalue weighted by Crippen LogP contribution is -2.46. The second kappa shape index (κ2) is 12.6. The molecule has 1 aromatic heterocycles. The van der Waals surface area contributed by atoms with E-state index in [1.165, 1.54) is 12.0 Å². The number of likely N-dealkylation sites (tertiary alicyclic amines) is 1. The Kier molecular flexibility index (Phi) is 8.64. The summed E-state index contributed by atoms with van der Waals surface area (Å²) in [6.07, 6.45) is 12.4. The van der Waals surface area contributed by atoms with Crippen LogP contribution >= 0.6 is 0 Å². The van der Waals surface area contributed by atoms with Gasteiger partial charge in [0, 0.05) is 17.8 Å². The van der Waals surface area contributed by atoms with Crippen LogP contribution in [0.15, 0.2) is 59.8 Å². The number of pyridine rings is 1. The predicted molar refractivity (Wildman–Crippen MR) is 163 cm³/mol. The van der Waals surface area contributed by atoms with Crippen LogP contribution in [-0.2, 0) is 14.2 Å². The molecule has 8 heteroatoms. The fourth-order valence-corrected chi connectivity index (χ4v) is 7.94. The molecule has 0 radical (unpaired) electrons. The van der Waals surface area contributed by atoms with E-state index in [9.17, 15) is 19.7 Å². The van der Waals surface area contributed by atoms with Crippen molar-refractivity contribution in [3.8, 4) is 5.75 Å². The largest absolute Gasteiger partial charge is 0.507 e. The van der Waals surface area contributed by atoms with Gasteiger partial charge in [-0.2, -0.15) is 0 Å². The molecule has 0 spiro atoms. The number of aromatic hydroxyl groups is 1. The van der Waals surface area contributed by atoms with Crippen molar-refractivity contribution in [3.05, 3.63) is 71.1 Å². The summed E-state index contributed by atoms with van der Waals surface area (Å²) in [5, 5.41) is 21.4. The molecule has 3 heterocycles. The molecule has 2 aliphatic heterocycles. The molecule has 4 atom stereocenters. The molecule has 2 N–H and O–H groups in total. The Morgan fingerprint density at radius 2 is 1.86 bits per heavy atom. The second-order valence-electron chi connectivity index (χ2n) is 12.4. The van der Waals surface area contributed by atoms with Gasteiger partial charge in [-0.25, -0.2) is 0 Å². The van der Waals surface area contributed by atoms with Crippen molar-refractivity contribution in [2.75, 3.05) is 0 Å². The van der Waals surface area contributed by atoms with Crippen molar-refractivity contribution in [3.63, 3.8) is 0 Å². The van der Waals surface area contributed by atoms with Gasteiger partial charge in [0.2, 0.25) is 11.8 Å². The maximum Gasteiger partial charge on any atom is 0.455 e. The number of fused-ring (bicyclic) bond motifs is 3. The van der Waals surface area contributed by atoms with Gasteiger partial charge in [0.25, 0.3) is 0 Å². The van der Waals surface area contributed by atoms with Gasteiger partial charge in [-0.3, -0.25) is 19.5 Å². The zero-order valence-corrected chi connectivity index (χ0v) is 24.5. The number of allylic oxidation sites excluding steroid dienone is 2. The quantitative estimate of drug-likeness (QED) is 0.229. The van der Waals surface area contributed by atoms with E-state index >= 15 is 0 Å². The first kappa shape index (κ1) is 28.9. The smallest absolute Gasteiger partial charge is 0.455 e. The van der Waals surface area contributed by atoms with Crippen molar-refractivity contribution < 1.29 is 24.4 Å². The topological polar surface area (TPSA) is 100.0 Å². The fourth-order valence-electron chi connectivity index (χ4n) is 7.94. The molecule has 2 aromatic rings. The Balaban J connectivity index is 1.31. The number of benzene rings is 1. The molecule has 4 aliphatic rings. The summed E-state index contributed by atoms with van der Waals surface area (Å²) in [6, 6.07) is 13.0. The lowest BCUT2D eigenvalue weighted by molar-refractivity contribution is -0.143. The number of phenols is 1. The summed E-state index contributed by atoms with van der Waals surface area (Å²) in [4.78, 5) is 34.0. The van der Waals surface area contributed by atoms with Crippen LogP contribution in [0.1, 0.15) is 82.4 Å². The van der Waals surface area contributed by atoms with Crippen LogP contribution in [0.25, 0.3) is 11.6 Å². The van der Waals surface area contributed by atoms with Gasteiger partial charge in [-0.15, -0.1) is 0 Å². The number of rotatable bonds is 8. The molecule has 2 amide bonds. The van der Waals surface area contributed by atoms with Gasteiger partial charge in [0.15, 0.2) is 0 Å². The molecule has 7 nitrogen and oxygen atoms in total. The van der Waals surface area contributed by atoms with E-state index in [0.717, 1.165) is 55.4 Å². The monoisotopic (exact) mass is 568 g/mol. The van der Waals surface area contributed by atoms with Crippen LogP contribution in [0.2, 0.25) is 6.32 Å². The molecule has 6 rings (SSSR count). The van der Waals surface area contributed by atoms with Gasteiger partial charge < -0.3 is 14.8 Å². The van der Waals surface area contributed by atoms with Gasteiger partial charge in [0.1, 0.15) is 5.75 Å². The molecular weight excluding hydrogens is 527 g/mol. The van der Waals surface area contributed by atoms with E-state index < -0.39 is 13.0 Å². The van der Waals surface area contributed by atoms with Gasteiger partial charge in [-0.1, -0.05) is 62.4 Å². The van der Waals surface area contributed by atoms with Crippen LogP contribution in [0.5, 0.6) is 5.75 Å². The molecule has 42 heavy (non-hydrogen) atoms. The Hall–Kier alpha value is -3.23. The first-order valence-electron chi connectivity index (χ1n) is 15.8. The molecule has 1 aromatic carbocycles. The Bertz CT molecular complexity index is 1370. The standard InChI is InChI=1S/C34H41BN2O5/c1-2-10-24-20-26-32(34(40)37(33(26)39)25-12-4-3-5-13-25)27-21-35(41)42-30(31(24)27)17-16-22(28-14-8-9-18-36-28)19-23-11-6-7-15-29(23)38/h6-9,11,14-15,18-19,25-27,30,32,38,41H,2-5,10,12-13,16-17,20-21H2,1H3/b22-19-/t26-,27+,30-,32-/m1/s1. The zero-order valence-electron chi connectivity index (χ0n) is 24.5. The molecule has 0 bridgehead atoms. The highest BCUT2D eigenvalue weighted by atomic mass is 16.5. The molecule has 3 fully saturated rings. The van der Waals surface area contributed by atoms with E-state index in [4.69, 9.17) is 4.65 Å². The average molecular weight is 569 g/mol. The summed E-state index contributed by atoms with van der Waals surface area (Å²) in [5.74, 6) is -0.756. The van der Waals surface area contributed by atoms with E-state index in [-0.39, 0.29) is 41.5 Å². The number of para-hydroxylation sites is 1. The Morgan fingerprint density at radius 1 is 1.07 bits per heavy atom. The van der Waals surface area contributed by atoms with Crippen LogP contribution in [-0.4, -0.2) is 51.1 Å². The van der Waals surface area contributed by atoms with E-state index in [0.29, 0.717) is 31.1 Å². The highest BCUT2D eigenvalue weighted by molar-refractivity contribution is 6.43. The van der Waals surface area contributed by atoms with Crippen LogP contribution in [0.3, 0.4) is 0 Å². The number of carbonyl (C=O) groups excluding carboxylic acids is 2. The van der Waals surface area contributed by atoms with Crippen molar-refractivity contribution in [2.45, 2.75) is 89.6 Å². The van der Waals surface area contributed by atoms with E-state index in [1.54, 1.807) is 23.2 Å². The third kappa shape index (κ3) is 5.59. The number of imide groups is 1. The van der Waals surface area contributed by atoms with Gasteiger partial charge in [0.05, 0.1) is 23.6 Å². The first-order chi connectivity index (χ1) is 20.5. The fraction of sp³-hybridized carbons (Fsp3) is 0.500. The predicted octanol–water partition coefficient (Wildman–Crippen LogP) is 6.04. The van der Waals surface area contributed by atoms with E-state index in [1.807, 2.05) is 36.4 Å². The van der Waals surface area contributed by atoms with Crippen molar-refractivity contribution in [1.82, 2.24) is 9.88 Å². The minimum atomic E-state index is -0.988. The van der Waals surface area contributed by atoms with Crippen molar-refractivity contribution >= 4 is 30.6 Å². The summed E-state index contributed by atoms with van der Waals surface area (Å²) >= 11 is 0. The highest BCUT2D eigenvalue weighted by Crippen LogP contribution is 2.52. The molecular formula is C34H41BN2O5. The molecule has 220 valence electrons. The number of phenolic OH excluding ortho intramolecular Hbond substituents is 1. The summed E-state index contributed by atoms with van der Waals surface area (Å²) in [5.41, 5.74) is 4.86. The maximum atomic E-state index is 14.0. The van der Waals surface area contributed by atoms with Crippen molar-refractivity contribution in [2.24, 2.45) is 17.8 Å². The molecule has 0 unspecified atom stereocenters. The van der Waals surface area contributed by atoms with Crippen LogP contribution in [0, 0.1) is 17.8 Å². The third-order valence-electron chi connectivity index (χ3n) is 9.77. The number of amides is 2. The summed E-state index contributed by atoms with van der Waals surface area (Å²) in [6.45, 7) is 2.15. The zero-order chi connectivity index (χ0) is 29.2. The first-order valence-corrected chi connectivity index (χ1v) is 15.8. The second-order valence-corrected chi connectivity index (χ2v) is 12.4. The lowest BCUT2D eigenvalue weighted by Gasteiger charge is -2.43. The summed E-state index contributed by atoms with van der Waals surface area (Å²) < 4.78 is 6.24. The highest BCUT2D eigenvalue weighted by Gasteiger charge is 2.58. The lowest BCUT2D eigenvalue weighted by atomic mass is 9.58. The summed E-state index contributed by atoms with van der Waals surface area (Å²) in [7, 11) is -0.988. The number of aromatic nitrogens is 1. The van der Waals surface area contributed by atoms with Crippen LogP contribution < -0.4 is 0 Å². The maximum absolute atomic E-state index is 14.0. The number of hydrogen-bond donors (Lipinski definition) is 2. The third-order valence-corrected chi connectivity index (χ3v) is 9.77. The van der Waals surface area contributed by atoms with Crippen molar-refractivity contribution in [1.29, 1.82) is 0 Å². The van der Waals surface area contributed by atoms with Crippen LogP contribution in [0.4, 0.5) is 0 Å². The molecule has 1 saturated carbocycles. The number of hydrogen-bond acceptors (Lipinski definition) is 6. The molecule has 2 aliphatic carbocycles. The minimum absolute atomic E-state index is 0.00475. The SMILES string of the molecule is CCCC1=C2[C@@H](CC/C(=C/c3ccccc3O)c3ccccn3)OB(O)C[C@@H]2[C@@H]2C(=O)N(C3CCCCC3)C(=O)[C@@H]2C1. The number of carbonyl (C=O) groups is 2. The normalized spacial score (nSPS) is 27.0. The Morgan fingerprint density at radius 3 is 2.60 bits per heavy atom. The molecule has 2 saturated heterocycles. The van der Waals surface area contributed by atoms with E-state index in [2.05, 4.69) is 11.9 Å². The number of nitrogens with zero attached hydrogens (tertiary/aromatic N) is 2. The Labute approximate surface area is 248 Å². The van der Waals surface area contributed by atoms with Gasteiger partial charge >= 0.3 is 7.12 Å². The van der Waals surface area contributed by atoms with Gasteiger partial charge in [-0.05, 0) is 86.2 Å². The minimum Gasteiger partial charge on any atom is -0.507 e. The average Bonchev–Trinajstić information content (AvgIpc) is 3.26.